The molecule has 3 aromatic rings. The predicted octanol–water partition coefficient (Wildman–Crippen LogP) is 3.26. The van der Waals surface area contributed by atoms with Crippen LogP contribution in [0.4, 0.5) is 4.39 Å². The predicted molar refractivity (Wildman–Crippen MR) is 87.4 cm³/mol. The first-order valence-corrected chi connectivity index (χ1v) is 7.57. The van der Waals surface area contributed by atoms with Gasteiger partial charge in [0.15, 0.2) is 0 Å². The van der Waals surface area contributed by atoms with Crippen molar-refractivity contribution < 1.29 is 9.18 Å². The fraction of sp³-hybridized carbons (Fsp3) is 0.222. The van der Waals surface area contributed by atoms with Crippen LogP contribution in [0.5, 0.6) is 0 Å². The summed E-state index contributed by atoms with van der Waals surface area (Å²) in [7, 11) is 0. The van der Waals surface area contributed by atoms with E-state index in [2.05, 4.69) is 15.3 Å². The van der Waals surface area contributed by atoms with Crippen molar-refractivity contribution in [1.29, 1.82) is 0 Å². The highest BCUT2D eigenvalue weighted by Gasteiger charge is 2.06. The fourth-order valence-electron chi connectivity index (χ4n) is 2.53. The van der Waals surface area contributed by atoms with E-state index in [1.165, 1.54) is 6.07 Å². The van der Waals surface area contributed by atoms with E-state index in [-0.39, 0.29) is 18.1 Å². The maximum absolute atomic E-state index is 13.5. The monoisotopic (exact) mass is 311 g/mol. The van der Waals surface area contributed by atoms with Crippen LogP contribution < -0.4 is 5.32 Å². The summed E-state index contributed by atoms with van der Waals surface area (Å²) in [5.74, 6) is 0.514. The Morgan fingerprint density at radius 1 is 1.26 bits per heavy atom. The normalized spacial score (nSPS) is 10.9. The van der Waals surface area contributed by atoms with Crippen LogP contribution in [0.15, 0.2) is 42.5 Å². The first-order valence-electron chi connectivity index (χ1n) is 7.57. The van der Waals surface area contributed by atoms with Gasteiger partial charge in [0.1, 0.15) is 11.6 Å². The van der Waals surface area contributed by atoms with Crippen LogP contribution in [-0.4, -0.2) is 15.9 Å². The molecule has 0 aliphatic carbocycles. The SMILES string of the molecule is Cc1nc2ccc(CNC(=O)CCc3ccccc3F)cc2[nH]1. The summed E-state index contributed by atoms with van der Waals surface area (Å²) in [5.41, 5.74) is 3.44. The molecule has 4 nitrogen and oxygen atoms in total. The number of aryl methyl sites for hydroxylation is 2. The van der Waals surface area contributed by atoms with E-state index in [9.17, 15) is 9.18 Å². The molecule has 0 bridgehead atoms. The van der Waals surface area contributed by atoms with Crippen molar-refractivity contribution in [3.8, 4) is 0 Å². The summed E-state index contributed by atoms with van der Waals surface area (Å²) in [4.78, 5) is 19.4. The Balaban J connectivity index is 1.54. The van der Waals surface area contributed by atoms with Crippen molar-refractivity contribution in [3.05, 3.63) is 65.2 Å². The molecule has 0 saturated heterocycles. The highest BCUT2D eigenvalue weighted by atomic mass is 19.1. The van der Waals surface area contributed by atoms with Crippen molar-refractivity contribution in [3.63, 3.8) is 0 Å². The smallest absolute Gasteiger partial charge is 0.220 e. The van der Waals surface area contributed by atoms with Crippen molar-refractivity contribution in [2.75, 3.05) is 0 Å². The second kappa shape index (κ2) is 6.60. The Morgan fingerprint density at radius 3 is 2.91 bits per heavy atom. The van der Waals surface area contributed by atoms with Gasteiger partial charge < -0.3 is 10.3 Å². The van der Waals surface area contributed by atoms with Crippen molar-refractivity contribution in [1.82, 2.24) is 15.3 Å². The summed E-state index contributed by atoms with van der Waals surface area (Å²) in [6, 6.07) is 12.4. The lowest BCUT2D eigenvalue weighted by Crippen LogP contribution is -2.23. The van der Waals surface area contributed by atoms with E-state index < -0.39 is 0 Å². The number of aromatic nitrogens is 2. The molecule has 0 aliphatic heterocycles. The fourth-order valence-corrected chi connectivity index (χ4v) is 2.53. The first-order chi connectivity index (χ1) is 11.1. The molecule has 0 unspecified atom stereocenters. The highest BCUT2D eigenvalue weighted by molar-refractivity contribution is 5.77. The molecule has 0 spiro atoms. The summed E-state index contributed by atoms with van der Waals surface area (Å²) in [5, 5.41) is 2.86. The molecule has 1 aromatic heterocycles. The number of hydrogen-bond acceptors (Lipinski definition) is 2. The molecule has 118 valence electrons. The van der Waals surface area contributed by atoms with E-state index in [1.807, 2.05) is 25.1 Å². The van der Waals surface area contributed by atoms with Gasteiger partial charge in [0.05, 0.1) is 11.0 Å². The molecule has 2 aromatic carbocycles. The van der Waals surface area contributed by atoms with Gasteiger partial charge in [0, 0.05) is 13.0 Å². The highest BCUT2D eigenvalue weighted by Crippen LogP contribution is 2.13. The number of carbonyl (C=O) groups excluding carboxylic acids is 1. The third-order valence-corrected chi connectivity index (χ3v) is 3.73. The molecule has 1 amide bonds. The quantitative estimate of drug-likeness (QED) is 0.760. The van der Waals surface area contributed by atoms with Gasteiger partial charge in [-0.1, -0.05) is 24.3 Å². The molecule has 0 saturated carbocycles. The Morgan fingerprint density at radius 2 is 2.09 bits per heavy atom. The van der Waals surface area contributed by atoms with Crippen LogP contribution in [0.2, 0.25) is 0 Å². The molecule has 0 fully saturated rings. The number of H-pyrrole nitrogens is 1. The Hall–Kier alpha value is -2.69. The van der Waals surface area contributed by atoms with E-state index in [1.54, 1.807) is 18.2 Å². The third-order valence-electron chi connectivity index (χ3n) is 3.73. The van der Waals surface area contributed by atoms with E-state index in [4.69, 9.17) is 0 Å². The maximum atomic E-state index is 13.5. The molecule has 5 heteroatoms. The molecule has 1 heterocycles. The van der Waals surface area contributed by atoms with Gasteiger partial charge >= 0.3 is 0 Å². The average Bonchev–Trinajstić information content (AvgIpc) is 2.91. The second-order valence-electron chi connectivity index (χ2n) is 5.54. The zero-order valence-electron chi connectivity index (χ0n) is 12.9. The minimum atomic E-state index is -0.264. The lowest BCUT2D eigenvalue weighted by molar-refractivity contribution is -0.121. The number of aromatic amines is 1. The molecule has 3 rings (SSSR count). The van der Waals surface area contributed by atoms with E-state index in [0.29, 0.717) is 18.5 Å². The zero-order valence-corrected chi connectivity index (χ0v) is 12.9. The molecule has 0 atom stereocenters. The van der Waals surface area contributed by atoms with Crippen molar-refractivity contribution in [2.24, 2.45) is 0 Å². The number of benzene rings is 2. The van der Waals surface area contributed by atoms with Gasteiger partial charge in [0.25, 0.3) is 0 Å². The largest absolute Gasteiger partial charge is 0.352 e. The van der Waals surface area contributed by atoms with Crippen molar-refractivity contribution in [2.45, 2.75) is 26.3 Å². The van der Waals surface area contributed by atoms with Gasteiger partial charge in [0.2, 0.25) is 5.91 Å². The number of fused-ring (bicyclic) bond motifs is 1. The van der Waals surface area contributed by atoms with Crippen molar-refractivity contribution >= 4 is 16.9 Å². The topological polar surface area (TPSA) is 57.8 Å². The summed E-state index contributed by atoms with van der Waals surface area (Å²) >= 11 is 0. The molecule has 23 heavy (non-hydrogen) atoms. The van der Waals surface area contributed by atoms with Gasteiger partial charge in [-0.25, -0.2) is 9.37 Å². The first kappa shape index (κ1) is 15.2. The molecular weight excluding hydrogens is 293 g/mol. The van der Waals surface area contributed by atoms with E-state index >= 15 is 0 Å². The number of hydrogen-bond donors (Lipinski definition) is 2. The lowest BCUT2D eigenvalue weighted by Gasteiger charge is -2.06. The number of rotatable bonds is 5. The number of carbonyl (C=O) groups is 1. The third kappa shape index (κ3) is 3.74. The zero-order chi connectivity index (χ0) is 16.2. The van der Waals surface area contributed by atoms with Gasteiger partial charge in [-0.2, -0.15) is 0 Å². The van der Waals surface area contributed by atoms with Crippen LogP contribution in [0, 0.1) is 12.7 Å². The Labute approximate surface area is 133 Å². The van der Waals surface area contributed by atoms with Crippen LogP contribution in [-0.2, 0) is 17.8 Å². The minimum absolute atomic E-state index is 0.0888. The van der Waals surface area contributed by atoms with E-state index in [0.717, 1.165) is 22.4 Å². The summed E-state index contributed by atoms with van der Waals surface area (Å²) in [6.45, 7) is 2.36. The number of imidazole rings is 1. The summed E-state index contributed by atoms with van der Waals surface area (Å²) < 4.78 is 13.5. The molecule has 0 aliphatic rings. The lowest BCUT2D eigenvalue weighted by atomic mass is 10.1. The van der Waals surface area contributed by atoms with Crippen LogP contribution in [0.1, 0.15) is 23.4 Å². The van der Waals surface area contributed by atoms with Crippen LogP contribution >= 0.6 is 0 Å². The molecular formula is C18H18FN3O. The van der Waals surface area contributed by atoms with Gasteiger partial charge in [-0.3, -0.25) is 4.79 Å². The van der Waals surface area contributed by atoms with Gasteiger partial charge in [-0.05, 0) is 42.7 Å². The molecule has 2 N–H and O–H groups in total. The Bertz CT molecular complexity index is 841. The standard InChI is InChI=1S/C18H18FN3O/c1-12-21-16-8-6-13(10-17(16)22-12)11-20-18(23)9-7-14-4-2-3-5-15(14)19/h2-6,8,10H,7,9,11H2,1H3,(H,20,23)(H,21,22). The number of nitrogens with zero attached hydrogens (tertiary/aromatic N) is 1. The Kier molecular flexibility index (Phi) is 4.37. The number of amides is 1. The van der Waals surface area contributed by atoms with Crippen LogP contribution in [0.25, 0.3) is 11.0 Å². The number of halogens is 1. The van der Waals surface area contributed by atoms with Crippen LogP contribution in [0.3, 0.4) is 0 Å². The maximum Gasteiger partial charge on any atom is 0.220 e. The summed E-state index contributed by atoms with van der Waals surface area (Å²) in [6.07, 6.45) is 0.670. The molecule has 0 radical (unpaired) electrons. The average molecular weight is 311 g/mol. The second-order valence-corrected chi connectivity index (χ2v) is 5.54. The van der Waals surface area contributed by atoms with Gasteiger partial charge in [-0.15, -0.1) is 0 Å². The minimum Gasteiger partial charge on any atom is -0.352 e. The number of nitrogens with one attached hydrogen (secondary N) is 2.